The maximum absolute atomic E-state index is 12.6. The summed E-state index contributed by atoms with van der Waals surface area (Å²) in [7, 11) is 0. The normalized spacial score (nSPS) is 11.5. The zero-order valence-electron chi connectivity index (χ0n) is 23.4. The van der Waals surface area contributed by atoms with E-state index in [1.54, 1.807) is 36.7 Å². The van der Waals surface area contributed by atoms with Gasteiger partial charge in [0.2, 0.25) is 0 Å². The number of hydrogen-bond acceptors (Lipinski definition) is 9. The van der Waals surface area contributed by atoms with E-state index in [9.17, 15) is 9.90 Å². The van der Waals surface area contributed by atoms with Gasteiger partial charge in [-0.1, -0.05) is 18.2 Å². The number of carbonyl (C=O) groups is 1. The molecule has 42 heavy (non-hydrogen) atoms. The van der Waals surface area contributed by atoms with Crippen LogP contribution in [-0.4, -0.2) is 41.5 Å². The summed E-state index contributed by atoms with van der Waals surface area (Å²) in [5.74, 6) is 1.16. The fourth-order valence-corrected chi connectivity index (χ4v) is 4.51. The van der Waals surface area contributed by atoms with Crippen LogP contribution < -0.4 is 10.6 Å². The number of phenols is 1. The third kappa shape index (κ3) is 5.83. The molecule has 0 atom stereocenters. The van der Waals surface area contributed by atoms with Crippen molar-refractivity contribution in [2.24, 2.45) is 0 Å². The van der Waals surface area contributed by atoms with E-state index in [1.807, 2.05) is 75.5 Å². The average molecular weight is 560 g/mol. The maximum Gasteiger partial charge on any atom is 0.435 e. The van der Waals surface area contributed by atoms with E-state index in [0.29, 0.717) is 34.6 Å². The van der Waals surface area contributed by atoms with Crippen LogP contribution in [0.4, 0.5) is 22.0 Å². The minimum absolute atomic E-state index is 0.109. The lowest BCUT2D eigenvalue weighted by molar-refractivity contribution is 0.0522. The van der Waals surface area contributed by atoms with E-state index in [2.05, 4.69) is 20.7 Å². The van der Waals surface area contributed by atoms with E-state index in [4.69, 9.17) is 14.7 Å². The van der Waals surface area contributed by atoms with Gasteiger partial charge in [0.05, 0.1) is 17.2 Å². The number of hydrogen-bond donors (Lipinski definition) is 3. The number of aromatic hydroxyl groups is 1. The Kier molecular flexibility index (Phi) is 6.87. The highest BCUT2D eigenvalue weighted by Crippen LogP contribution is 2.31. The first-order valence-electron chi connectivity index (χ1n) is 13.4. The molecule has 6 aromatic rings. The Morgan fingerprint density at radius 2 is 1.83 bits per heavy atom. The van der Waals surface area contributed by atoms with Crippen molar-refractivity contribution < 1.29 is 14.6 Å². The van der Waals surface area contributed by atoms with Crippen LogP contribution in [0.5, 0.6) is 5.75 Å². The van der Waals surface area contributed by atoms with E-state index < -0.39 is 11.7 Å². The van der Waals surface area contributed by atoms with Crippen molar-refractivity contribution in [3.05, 3.63) is 97.0 Å². The summed E-state index contributed by atoms with van der Waals surface area (Å²) < 4.78 is 6.72. The second kappa shape index (κ2) is 10.8. The summed E-state index contributed by atoms with van der Waals surface area (Å²) in [6, 6.07) is 22.3. The van der Waals surface area contributed by atoms with Gasteiger partial charge in [0.1, 0.15) is 17.2 Å². The van der Waals surface area contributed by atoms with Gasteiger partial charge < -0.3 is 20.5 Å². The van der Waals surface area contributed by atoms with E-state index in [-0.39, 0.29) is 5.75 Å². The van der Waals surface area contributed by atoms with Gasteiger partial charge in [-0.15, -0.1) is 0 Å². The highest BCUT2D eigenvalue weighted by molar-refractivity contribution is 5.95. The van der Waals surface area contributed by atoms with Crippen molar-refractivity contribution in [2.75, 3.05) is 10.6 Å². The third-order valence-corrected chi connectivity index (χ3v) is 6.42. The van der Waals surface area contributed by atoms with E-state index >= 15 is 0 Å². The molecular formula is C32H29N7O3. The SMILES string of the molecule is CC(C)(C)OC(=O)n1ncc2cc(Nc3nc(-c4cccc(NCc5cccnc5)c4)nc4ccc(O)cc34)ccc21. The molecule has 3 aromatic carbocycles. The van der Waals surface area contributed by atoms with Crippen molar-refractivity contribution in [1.82, 2.24) is 24.7 Å². The molecule has 0 spiro atoms. The Balaban J connectivity index is 1.32. The minimum atomic E-state index is -0.636. The van der Waals surface area contributed by atoms with Crippen molar-refractivity contribution in [2.45, 2.75) is 32.9 Å². The monoisotopic (exact) mass is 559 g/mol. The van der Waals surface area contributed by atoms with Crippen LogP contribution in [0.1, 0.15) is 26.3 Å². The molecule has 0 radical (unpaired) electrons. The predicted molar refractivity (Wildman–Crippen MR) is 163 cm³/mol. The number of nitrogens with zero attached hydrogens (tertiary/aromatic N) is 5. The van der Waals surface area contributed by atoms with Crippen LogP contribution in [0.25, 0.3) is 33.2 Å². The molecule has 3 heterocycles. The lowest BCUT2D eigenvalue weighted by Crippen LogP contribution is -2.27. The van der Waals surface area contributed by atoms with Gasteiger partial charge >= 0.3 is 6.09 Å². The molecule has 6 rings (SSSR count). The topological polar surface area (TPSA) is 127 Å². The number of pyridine rings is 1. The number of aromatic nitrogens is 5. The lowest BCUT2D eigenvalue weighted by Gasteiger charge is -2.19. The number of carbonyl (C=O) groups excluding carboxylic acids is 1. The Labute approximate surface area is 242 Å². The number of anilines is 3. The summed E-state index contributed by atoms with van der Waals surface area (Å²) in [6.45, 7) is 6.07. The number of ether oxygens (including phenoxy) is 1. The van der Waals surface area contributed by atoms with Crippen molar-refractivity contribution in [3.8, 4) is 17.1 Å². The standard InChI is InChI=1S/C32H29N7O3/c1-32(2,3)42-31(41)39-28-12-9-24(15-22(28)19-35-39)36-30-26-16-25(40)10-11-27(26)37-29(38-30)21-7-4-8-23(14-21)34-18-20-6-5-13-33-17-20/h4-17,19,34,40H,18H2,1-3H3,(H,36,37,38). The first kappa shape index (κ1) is 26.7. The molecule has 0 fully saturated rings. The van der Waals surface area contributed by atoms with Crippen molar-refractivity contribution >= 4 is 45.1 Å². The van der Waals surface area contributed by atoms with Gasteiger partial charge in [0.15, 0.2) is 5.82 Å². The molecule has 0 unspecified atom stereocenters. The summed E-state index contributed by atoms with van der Waals surface area (Å²) in [6.07, 6.45) is 4.65. The number of nitrogens with one attached hydrogen (secondary N) is 2. The first-order valence-corrected chi connectivity index (χ1v) is 13.4. The van der Waals surface area contributed by atoms with Crippen LogP contribution in [0.2, 0.25) is 0 Å². The Hall–Kier alpha value is -5.51. The molecule has 10 nitrogen and oxygen atoms in total. The molecule has 0 aliphatic rings. The summed E-state index contributed by atoms with van der Waals surface area (Å²) in [4.78, 5) is 26.4. The summed E-state index contributed by atoms with van der Waals surface area (Å²) in [5.41, 5.74) is 4.22. The zero-order chi connectivity index (χ0) is 29.3. The van der Waals surface area contributed by atoms with Crippen LogP contribution in [0.15, 0.2) is 91.4 Å². The summed E-state index contributed by atoms with van der Waals surface area (Å²) >= 11 is 0. The second-order valence-electron chi connectivity index (χ2n) is 10.8. The number of benzene rings is 3. The van der Waals surface area contributed by atoms with Gasteiger partial charge in [0.25, 0.3) is 0 Å². The highest BCUT2D eigenvalue weighted by Gasteiger charge is 2.20. The van der Waals surface area contributed by atoms with Gasteiger partial charge in [0, 0.05) is 46.6 Å². The molecule has 3 N–H and O–H groups in total. The van der Waals surface area contributed by atoms with Crippen LogP contribution in [0.3, 0.4) is 0 Å². The van der Waals surface area contributed by atoms with Gasteiger partial charge in [-0.05, 0) is 80.9 Å². The molecular weight excluding hydrogens is 530 g/mol. The Morgan fingerprint density at radius 1 is 0.952 bits per heavy atom. The fraction of sp³-hybridized carbons (Fsp3) is 0.156. The maximum atomic E-state index is 12.6. The smallest absolute Gasteiger partial charge is 0.435 e. The first-order chi connectivity index (χ1) is 20.2. The summed E-state index contributed by atoms with van der Waals surface area (Å²) in [5, 5.41) is 22.7. The molecule has 0 saturated carbocycles. The fourth-order valence-electron chi connectivity index (χ4n) is 4.51. The molecule has 0 bridgehead atoms. The van der Waals surface area contributed by atoms with Crippen molar-refractivity contribution in [3.63, 3.8) is 0 Å². The lowest BCUT2D eigenvalue weighted by atomic mass is 10.1. The molecule has 3 aromatic heterocycles. The minimum Gasteiger partial charge on any atom is -0.508 e. The quantitative estimate of drug-likeness (QED) is 0.200. The van der Waals surface area contributed by atoms with E-state index in [1.165, 1.54) is 4.68 Å². The Morgan fingerprint density at radius 3 is 2.64 bits per heavy atom. The van der Waals surface area contributed by atoms with Crippen molar-refractivity contribution in [1.29, 1.82) is 0 Å². The average Bonchev–Trinajstić information content (AvgIpc) is 3.40. The van der Waals surface area contributed by atoms with E-state index in [0.717, 1.165) is 27.9 Å². The highest BCUT2D eigenvalue weighted by atomic mass is 16.6. The molecule has 210 valence electrons. The number of rotatable bonds is 6. The molecule has 0 aliphatic heterocycles. The Bertz CT molecular complexity index is 1910. The molecule has 0 aliphatic carbocycles. The number of phenolic OH excluding ortho intramolecular Hbond substituents is 1. The predicted octanol–water partition coefficient (Wildman–Crippen LogP) is 6.89. The largest absolute Gasteiger partial charge is 0.508 e. The van der Waals surface area contributed by atoms with Gasteiger partial charge in [-0.25, -0.2) is 14.8 Å². The number of fused-ring (bicyclic) bond motifs is 2. The third-order valence-electron chi connectivity index (χ3n) is 6.42. The molecule has 0 saturated heterocycles. The molecule has 10 heteroatoms. The van der Waals surface area contributed by atoms with Crippen LogP contribution in [-0.2, 0) is 11.3 Å². The molecule has 0 amide bonds. The second-order valence-corrected chi connectivity index (χ2v) is 10.8. The van der Waals surface area contributed by atoms with Crippen LogP contribution >= 0.6 is 0 Å². The van der Waals surface area contributed by atoms with Crippen LogP contribution in [0, 0.1) is 0 Å². The zero-order valence-corrected chi connectivity index (χ0v) is 23.4. The van der Waals surface area contributed by atoms with Gasteiger partial charge in [-0.3, -0.25) is 4.98 Å². The van der Waals surface area contributed by atoms with Gasteiger partial charge in [-0.2, -0.15) is 9.78 Å².